The van der Waals surface area contributed by atoms with Crippen LogP contribution < -0.4 is 10.6 Å². The monoisotopic (exact) mass is 420 g/mol. The van der Waals surface area contributed by atoms with Crippen LogP contribution in [0.25, 0.3) is 22.0 Å². The molecule has 1 atom stereocenters. The summed E-state index contributed by atoms with van der Waals surface area (Å²) in [5.74, 6) is 0.273. The third-order valence-corrected chi connectivity index (χ3v) is 6.58. The van der Waals surface area contributed by atoms with Crippen molar-refractivity contribution in [3.05, 3.63) is 36.3 Å². The highest BCUT2D eigenvalue weighted by Crippen LogP contribution is 2.33. The standard InChI is InChI=1S/C23H28N6O2/c1-15-22-18(17-13-25-28(14-17)12-9-16-7-10-24-11-8-16)3-2-4-19(22)29(27-15)20-5-6-21(30)26-23(20)31/h2-4,13-14,16,20,24H,5-12H2,1H3,(H,26,30,31). The molecule has 2 N–H and O–H groups in total. The van der Waals surface area contributed by atoms with Crippen LogP contribution in [0.2, 0.25) is 0 Å². The molecule has 2 fully saturated rings. The lowest BCUT2D eigenvalue weighted by atomic mass is 9.95. The summed E-state index contributed by atoms with van der Waals surface area (Å²) in [6, 6.07) is 5.61. The van der Waals surface area contributed by atoms with Gasteiger partial charge in [-0.15, -0.1) is 0 Å². The quantitative estimate of drug-likeness (QED) is 0.619. The predicted molar refractivity (Wildman–Crippen MR) is 117 cm³/mol. The molecule has 8 heteroatoms. The smallest absolute Gasteiger partial charge is 0.251 e. The molecule has 3 aromatic rings. The van der Waals surface area contributed by atoms with E-state index in [-0.39, 0.29) is 11.8 Å². The summed E-state index contributed by atoms with van der Waals surface area (Å²) in [7, 11) is 0. The lowest BCUT2D eigenvalue weighted by molar-refractivity contribution is -0.135. The van der Waals surface area contributed by atoms with Gasteiger partial charge in [-0.25, -0.2) is 0 Å². The van der Waals surface area contributed by atoms with E-state index in [0.717, 1.165) is 59.7 Å². The van der Waals surface area contributed by atoms with Gasteiger partial charge in [0.15, 0.2) is 0 Å². The van der Waals surface area contributed by atoms with Crippen molar-refractivity contribution in [2.75, 3.05) is 13.1 Å². The molecule has 2 saturated heterocycles. The molecule has 0 radical (unpaired) electrons. The third-order valence-electron chi connectivity index (χ3n) is 6.58. The molecule has 0 spiro atoms. The molecule has 1 aromatic carbocycles. The fourth-order valence-electron chi connectivity index (χ4n) is 4.88. The van der Waals surface area contributed by atoms with Crippen LogP contribution in [0.3, 0.4) is 0 Å². The third kappa shape index (κ3) is 3.87. The number of carbonyl (C=O) groups is 2. The number of aryl methyl sites for hydroxylation is 2. The van der Waals surface area contributed by atoms with E-state index in [2.05, 4.69) is 28.0 Å². The normalized spacial score (nSPS) is 20.4. The van der Waals surface area contributed by atoms with Crippen molar-refractivity contribution in [1.82, 2.24) is 30.2 Å². The highest BCUT2D eigenvalue weighted by atomic mass is 16.2. The van der Waals surface area contributed by atoms with Crippen molar-refractivity contribution in [2.24, 2.45) is 5.92 Å². The second-order valence-electron chi connectivity index (χ2n) is 8.67. The molecule has 0 bridgehead atoms. The van der Waals surface area contributed by atoms with E-state index in [1.807, 2.05) is 29.9 Å². The number of imide groups is 1. The molecular weight excluding hydrogens is 392 g/mol. The molecule has 4 heterocycles. The Bertz CT molecular complexity index is 1120. The number of aromatic nitrogens is 4. The fourth-order valence-corrected chi connectivity index (χ4v) is 4.88. The first-order valence-electron chi connectivity index (χ1n) is 11.1. The van der Waals surface area contributed by atoms with Gasteiger partial charge in [-0.05, 0) is 63.2 Å². The number of hydrogen-bond donors (Lipinski definition) is 2. The van der Waals surface area contributed by atoms with Gasteiger partial charge in [-0.1, -0.05) is 12.1 Å². The SMILES string of the molecule is Cc1nn(C2CCC(=O)NC2=O)c2cccc(-c3cnn(CCC4CCNCC4)c3)c12. The number of carbonyl (C=O) groups excluding carboxylic acids is 2. The largest absolute Gasteiger partial charge is 0.317 e. The zero-order valence-corrected chi connectivity index (χ0v) is 17.8. The van der Waals surface area contributed by atoms with Crippen LogP contribution >= 0.6 is 0 Å². The molecule has 2 aliphatic heterocycles. The van der Waals surface area contributed by atoms with Crippen molar-refractivity contribution in [2.45, 2.75) is 51.6 Å². The Labute approximate surface area is 181 Å². The van der Waals surface area contributed by atoms with Gasteiger partial charge in [0, 0.05) is 30.1 Å². The molecular formula is C23H28N6O2. The zero-order valence-electron chi connectivity index (χ0n) is 17.8. The minimum atomic E-state index is -0.461. The van der Waals surface area contributed by atoms with Gasteiger partial charge in [0.25, 0.3) is 5.91 Å². The van der Waals surface area contributed by atoms with Crippen LogP contribution in [0, 0.1) is 12.8 Å². The molecule has 2 aromatic heterocycles. The second-order valence-corrected chi connectivity index (χ2v) is 8.67. The van der Waals surface area contributed by atoms with Gasteiger partial charge < -0.3 is 5.32 Å². The summed E-state index contributed by atoms with van der Waals surface area (Å²) in [6.07, 6.45) is 8.47. The van der Waals surface area contributed by atoms with Crippen LogP contribution in [0.15, 0.2) is 30.6 Å². The minimum Gasteiger partial charge on any atom is -0.317 e. The second kappa shape index (κ2) is 8.26. The van der Waals surface area contributed by atoms with Crippen molar-refractivity contribution in [3.63, 3.8) is 0 Å². The number of piperidine rings is 2. The van der Waals surface area contributed by atoms with Gasteiger partial charge >= 0.3 is 0 Å². The van der Waals surface area contributed by atoms with Crippen molar-refractivity contribution < 1.29 is 9.59 Å². The van der Waals surface area contributed by atoms with E-state index < -0.39 is 6.04 Å². The van der Waals surface area contributed by atoms with E-state index in [0.29, 0.717) is 12.8 Å². The number of nitrogens with one attached hydrogen (secondary N) is 2. The van der Waals surface area contributed by atoms with Gasteiger partial charge in [0.05, 0.1) is 17.4 Å². The van der Waals surface area contributed by atoms with Crippen LogP contribution in [0.1, 0.15) is 43.8 Å². The first-order valence-corrected chi connectivity index (χ1v) is 11.1. The number of nitrogens with zero attached hydrogens (tertiary/aromatic N) is 4. The highest BCUT2D eigenvalue weighted by Gasteiger charge is 2.30. The van der Waals surface area contributed by atoms with Gasteiger partial charge in [-0.3, -0.25) is 24.3 Å². The lowest BCUT2D eigenvalue weighted by Crippen LogP contribution is -2.42. The van der Waals surface area contributed by atoms with E-state index in [4.69, 9.17) is 5.10 Å². The molecule has 2 aliphatic rings. The van der Waals surface area contributed by atoms with E-state index in [1.165, 1.54) is 12.8 Å². The highest BCUT2D eigenvalue weighted by molar-refractivity contribution is 6.01. The van der Waals surface area contributed by atoms with Crippen molar-refractivity contribution in [3.8, 4) is 11.1 Å². The topological polar surface area (TPSA) is 93.8 Å². The van der Waals surface area contributed by atoms with E-state index >= 15 is 0 Å². The van der Waals surface area contributed by atoms with Gasteiger partial charge in [0.2, 0.25) is 5.91 Å². The molecule has 2 amide bonds. The van der Waals surface area contributed by atoms with Crippen LogP contribution in [0.5, 0.6) is 0 Å². The Morgan fingerprint density at radius 2 is 2.00 bits per heavy atom. The number of hydrogen-bond acceptors (Lipinski definition) is 5. The Morgan fingerprint density at radius 3 is 2.81 bits per heavy atom. The first kappa shape index (κ1) is 19.9. The van der Waals surface area contributed by atoms with Crippen LogP contribution in [-0.2, 0) is 16.1 Å². The molecule has 1 unspecified atom stereocenters. The number of rotatable bonds is 5. The summed E-state index contributed by atoms with van der Waals surface area (Å²) < 4.78 is 3.81. The van der Waals surface area contributed by atoms with Gasteiger partial charge in [-0.2, -0.15) is 10.2 Å². The summed E-state index contributed by atoms with van der Waals surface area (Å²) >= 11 is 0. The van der Waals surface area contributed by atoms with E-state index in [9.17, 15) is 9.59 Å². The maximum Gasteiger partial charge on any atom is 0.251 e. The number of amides is 2. The summed E-state index contributed by atoms with van der Waals surface area (Å²) in [4.78, 5) is 23.9. The predicted octanol–water partition coefficient (Wildman–Crippen LogP) is 2.58. The summed E-state index contributed by atoms with van der Waals surface area (Å²) in [5, 5.41) is 16.2. The van der Waals surface area contributed by atoms with Crippen molar-refractivity contribution >= 4 is 22.7 Å². The first-order chi connectivity index (χ1) is 15.1. The summed E-state index contributed by atoms with van der Waals surface area (Å²) in [5.41, 5.74) is 3.91. The number of fused-ring (bicyclic) bond motifs is 1. The Hall–Kier alpha value is -3.00. The average molecular weight is 421 g/mol. The lowest BCUT2D eigenvalue weighted by Gasteiger charge is -2.22. The summed E-state index contributed by atoms with van der Waals surface area (Å²) in [6.45, 7) is 5.13. The minimum absolute atomic E-state index is 0.216. The van der Waals surface area contributed by atoms with Crippen molar-refractivity contribution in [1.29, 1.82) is 0 Å². The Morgan fingerprint density at radius 1 is 1.16 bits per heavy atom. The zero-order chi connectivity index (χ0) is 21.4. The Balaban J connectivity index is 1.42. The molecule has 0 saturated carbocycles. The fraction of sp³-hybridized carbons (Fsp3) is 0.478. The maximum atomic E-state index is 12.4. The molecule has 31 heavy (non-hydrogen) atoms. The maximum absolute atomic E-state index is 12.4. The molecule has 0 aliphatic carbocycles. The molecule has 5 rings (SSSR count). The van der Waals surface area contributed by atoms with Crippen LogP contribution in [0.4, 0.5) is 0 Å². The van der Waals surface area contributed by atoms with E-state index in [1.54, 1.807) is 4.68 Å². The molecule has 8 nitrogen and oxygen atoms in total. The van der Waals surface area contributed by atoms with Gasteiger partial charge in [0.1, 0.15) is 6.04 Å². The number of benzene rings is 1. The average Bonchev–Trinajstić information content (AvgIpc) is 3.38. The molecule has 162 valence electrons. The van der Waals surface area contributed by atoms with Crippen LogP contribution in [-0.4, -0.2) is 44.5 Å². The Kier molecular flexibility index (Phi) is 5.31.